The Balaban J connectivity index is 1.85. The van der Waals surface area contributed by atoms with Gasteiger partial charge < -0.3 is 15.7 Å². The lowest BCUT2D eigenvalue weighted by molar-refractivity contribution is -0.118. The molecule has 1 aliphatic heterocycles. The van der Waals surface area contributed by atoms with E-state index in [4.69, 9.17) is 5.73 Å². The first-order valence-electron chi connectivity index (χ1n) is 7.29. The van der Waals surface area contributed by atoms with Crippen LogP contribution in [-0.4, -0.2) is 41.7 Å². The second-order valence-corrected chi connectivity index (χ2v) is 5.83. The van der Waals surface area contributed by atoms with Gasteiger partial charge in [0, 0.05) is 19.5 Å². The van der Waals surface area contributed by atoms with E-state index in [1.807, 2.05) is 0 Å². The fourth-order valence-corrected chi connectivity index (χ4v) is 2.90. The standard InChI is InChI=1S/C16H24N2O2/c1-12-3-2-4-13(9-12)10-14-5-7-18(11-15(14)19)8-6-16(17)20/h2-4,9,14-15,19H,5-8,10-11H2,1H3,(H2,17,20)/t14-,15+/m1/s1. The first-order chi connectivity index (χ1) is 9.54. The number of hydrogen-bond acceptors (Lipinski definition) is 3. The molecule has 1 aromatic rings. The minimum Gasteiger partial charge on any atom is -0.391 e. The molecular formula is C16H24N2O2. The molecule has 0 bridgehead atoms. The molecule has 3 N–H and O–H groups in total. The average Bonchev–Trinajstić information content (AvgIpc) is 2.39. The van der Waals surface area contributed by atoms with Crippen LogP contribution in [0.2, 0.25) is 0 Å². The Morgan fingerprint density at radius 1 is 1.50 bits per heavy atom. The maximum atomic E-state index is 10.8. The number of nitrogens with two attached hydrogens (primary N) is 1. The molecule has 110 valence electrons. The van der Waals surface area contributed by atoms with E-state index in [-0.39, 0.29) is 12.0 Å². The summed E-state index contributed by atoms with van der Waals surface area (Å²) in [5.41, 5.74) is 7.71. The Bertz CT molecular complexity index is 462. The van der Waals surface area contributed by atoms with E-state index in [1.165, 1.54) is 11.1 Å². The molecule has 20 heavy (non-hydrogen) atoms. The highest BCUT2D eigenvalue weighted by Gasteiger charge is 2.27. The number of aliphatic hydroxyl groups excluding tert-OH is 1. The lowest BCUT2D eigenvalue weighted by atomic mass is 9.87. The van der Waals surface area contributed by atoms with Gasteiger partial charge in [-0.05, 0) is 37.8 Å². The predicted octanol–water partition coefficient (Wildman–Crippen LogP) is 1.10. The summed E-state index contributed by atoms with van der Waals surface area (Å²) in [5.74, 6) is 0.0306. The van der Waals surface area contributed by atoms with Crippen LogP contribution in [0.5, 0.6) is 0 Å². The van der Waals surface area contributed by atoms with Crippen LogP contribution >= 0.6 is 0 Å². The van der Waals surface area contributed by atoms with Gasteiger partial charge in [0.05, 0.1) is 6.10 Å². The average molecular weight is 276 g/mol. The highest BCUT2D eigenvalue weighted by molar-refractivity contribution is 5.73. The maximum Gasteiger partial charge on any atom is 0.218 e. The number of primary amides is 1. The summed E-state index contributed by atoms with van der Waals surface area (Å²) in [6.07, 6.45) is 1.94. The Morgan fingerprint density at radius 3 is 2.95 bits per heavy atom. The van der Waals surface area contributed by atoms with Gasteiger partial charge in [-0.3, -0.25) is 4.79 Å². The molecule has 4 nitrogen and oxygen atoms in total. The van der Waals surface area contributed by atoms with Gasteiger partial charge in [-0.15, -0.1) is 0 Å². The van der Waals surface area contributed by atoms with Crippen molar-refractivity contribution in [1.82, 2.24) is 4.90 Å². The van der Waals surface area contributed by atoms with Crippen LogP contribution in [0.1, 0.15) is 24.0 Å². The number of aliphatic hydroxyl groups is 1. The van der Waals surface area contributed by atoms with Crippen LogP contribution in [0.4, 0.5) is 0 Å². The molecule has 1 fully saturated rings. The fraction of sp³-hybridized carbons (Fsp3) is 0.562. The molecule has 0 aliphatic carbocycles. The summed E-state index contributed by atoms with van der Waals surface area (Å²) >= 11 is 0. The van der Waals surface area contributed by atoms with Crippen LogP contribution in [0.15, 0.2) is 24.3 Å². The van der Waals surface area contributed by atoms with Crippen LogP contribution in [0.25, 0.3) is 0 Å². The van der Waals surface area contributed by atoms with Crippen LogP contribution < -0.4 is 5.73 Å². The van der Waals surface area contributed by atoms with E-state index in [1.54, 1.807) is 0 Å². The first kappa shape index (κ1) is 15.0. The number of β-amino-alcohol motifs (C(OH)–C–C–N with tert-alkyl or cyclic N) is 1. The zero-order valence-electron chi connectivity index (χ0n) is 12.1. The van der Waals surface area contributed by atoms with Gasteiger partial charge >= 0.3 is 0 Å². The fourth-order valence-electron chi connectivity index (χ4n) is 2.90. The molecule has 0 radical (unpaired) electrons. The lowest BCUT2D eigenvalue weighted by Crippen LogP contribution is -2.45. The number of amides is 1. The largest absolute Gasteiger partial charge is 0.391 e. The molecule has 0 saturated carbocycles. The van der Waals surface area contributed by atoms with E-state index in [9.17, 15) is 9.90 Å². The molecule has 0 spiro atoms. The first-order valence-corrected chi connectivity index (χ1v) is 7.29. The number of carbonyl (C=O) groups is 1. The van der Waals surface area contributed by atoms with E-state index in [0.29, 0.717) is 25.4 Å². The normalized spacial score (nSPS) is 23.7. The summed E-state index contributed by atoms with van der Waals surface area (Å²) in [4.78, 5) is 12.9. The third-order valence-electron chi connectivity index (χ3n) is 4.06. The summed E-state index contributed by atoms with van der Waals surface area (Å²) < 4.78 is 0. The van der Waals surface area contributed by atoms with Gasteiger partial charge in [0.25, 0.3) is 0 Å². The van der Waals surface area contributed by atoms with Gasteiger partial charge in [-0.2, -0.15) is 0 Å². The van der Waals surface area contributed by atoms with Crippen LogP contribution in [0.3, 0.4) is 0 Å². The molecular weight excluding hydrogens is 252 g/mol. The summed E-state index contributed by atoms with van der Waals surface area (Å²) in [6, 6.07) is 8.47. The van der Waals surface area contributed by atoms with Gasteiger partial charge in [-0.1, -0.05) is 29.8 Å². The van der Waals surface area contributed by atoms with Crippen molar-refractivity contribution in [2.45, 2.75) is 32.3 Å². The smallest absolute Gasteiger partial charge is 0.218 e. The number of aryl methyl sites for hydroxylation is 1. The molecule has 4 heteroatoms. The van der Waals surface area contributed by atoms with Gasteiger partial charge in [0.1, 0.15) is 0 Å². The number of benzene rings is 1. The molecule has 2 atom stereocenters. The zero-order chi connectivity index (χ0) is 14.5. The van der Waals surface area contributed by atoms with Crippen molar-refractivity contribution in [2.24, 2.45) is 11.7 Å². The minimum absolute atomic E-state index is 0.277. The van der Waals surface area contributed by atoms with E-state index < -0.39 is 0 Å². The lowest BCUT2D eigenvalue weighted by Gasteiger charge is -2.35. The summed E-state index contributed by atoms with van der Waals surface area (Å²) in [5, 5.41) is 10.3. The van der Waals surface area contributed by atoms with Crippen LogP contribution in [0, 0.1) is 12.8 Å². The van der Waals surface area contributed by atoms with E-state index in [0.717, 1.165) is 19.4 Å². The Labute approximate surface area is 120 Å². The topological polar surface area (TPSA) is 66.6 Å². The number of rotatable bonds is 5. The summed E-state index contributed by atoms with van der Waals surface area (Å²) in [6.45, 7) is 4.32. The highest BCUT2D eigenvalue weighted by Crippen LogP contribution is 2.22. The molecule has 1 aliphatic rings. The third-order valence-corrected chi connectivity index (χ3v) is 4.06. The Hall–Kier alpha value is -1.39. The molecule has 1 aromatic carbocycles. The van der Waals surface area contributed by atoms with Crippen molar-refractivity contribution in [1.29, 1.82) is 0 Å². The highest BCUT2D eigenvalue weighted by atomic mass is 16.3. The van der Waals surface area contributed by atoms with Gasteiger partial charge in [-0.25, -0.2) is 0 Å². The number of piperidine rings is 1. The van der Waals surface area contributed by atoms with Crippen molar-refractivity contribution >= 4 is 5.91 Å². The number of likely N-dealkylation sites (tertiary alicyclic amines) is 1. The summed E-state index contributed by atoms with van der Waals surface area (Å²) in [7, 11) is 0. The van der Waals surface area contributed by atoms with Crippen LogP contribution in [-0.2, 0) is 11.2 Å². The van der Waals surface area contributed by atoms with E-state index in [2.05, 4.69) is 36.1 Å². The zero-order valence-corrected chi connectivity index (χ0v) is 12.1. The van der Waals surface area contributed by atoms with Crippen molar-refractivity contribution in [3.05, 3.63) is 35.4 Å². The third kappa shape index (κ3) is 4.32. The van der Waals surface area contributed by atoms with E-state index >= 15 is 0 Å². The van der Waals surface area contributed by atoms with Gasteiger partial charge in [0.15, 0.2) is 0 Å². The van der Waals surface area contributed by atoms with Gasteiger partial charge in [0.2, 0.25) is 5.91 Å². The van der Waals surface area contributed by atoms with Crippen molar-refractivity contribution in [3.8, 4) is 0 Å². The Morgan fingerprint density at radius 2 is 2.30 bits per heavy atom. The number of nitrogens with zero attached hydrogens (tertiary/aromatic N) is 1. The molecule has 2 rings (SSSR count). The molecule has 0 aromatic heterocycles. The maximum absolute atomic E-state index is 10.8. The SMILES string of the molecule is Cc1cccc(C[C@H]2CCN(CCC(N)=O)C[C@@H]2O)c1. The van der Waals surface area contributed by atoms with Crippen molar-refractivity contribution in [3.63, 3.8) is 0 Å². The number of hydrogen-bond donors (Lipinski definition) is 2. The molecule has 0 unspecified atom stereocenters. The predicted molar refractivity (Wildman–Crippen MR) is 79.2 cm³/mol. The number of carbonyl (C=O) groups excluding carboxylic acids is 1. The second kappa shape index (κ2) is 6.86. The van der Waals surface area contributed by atoms with Crippen molar-refractivity contribution in [2.75, 3.05) is 19.6 Å². The minimum atomic E-state index is -0.322. The molecule has 1 heterocycles. The molecule has 1 saturated heterocycles. The molecule has 1 amide bonds. The second-order valence-electron chi connectivity index (χ2n) is 5.83. The van der Waals surface area contributed by atoms with Crippen molar-refractivity contribution < 1.29 is 9.90 Å². The Kier molecular flexibility index (Phi) is 5.15. The monoisotopic (exact) mass is 276 g/mol. The quantitative estimate of drug-likeness (QED) is 0.846.